The van der Waals surface area contributed by atoms with Crippen LogP contribution >= 0.6 is 0 Å². The standard InChI is InChI=1S/C20H24N4O5/c1-11(2)18-20(26)24(19-15(29-18)7-8-16(21)23-19)10-17(25)22-13-9-12(27-3)5-6-14(13)28-4/h5-9,11,18H,10H2,1-4H3,(H2,21,23)(H,22,25). The number of carbonyl (C=O) groups is 2. The molecular formula is C20H24N4O5. The number of amides is 2. The fourth-order valence-electron chi connectivity index (χ4n) is 3.00. The van der Waals surface area contributed by atoms with Gasteiger partial charge in [0, 0.05) is 6.07 Å². The Morgan fingerprint density at radius 3 is 2.69 bits per heavy atom. The Bertz CT molecular complexity index is 931. The summed E-state index contributed by atoms with van der Waals surface area (Å²) in [6, 6.07) is 8.27. The molecule has 0 saturated carbocycles. The Kier molecular flexibility index (Phi) is 5.76. The van der Waals surface area contributed by atoms with Gasteiger partial charge < -0.3 is 25.3 Å². The van der Waals surface area contributed by atoms with Gasteiger partial charge in [-0.25, -0.2) is 4.98 Å². The van der Waals surface area contributed by atoms with Crippen molar-refractivity contribution in [2.75, 3.05) is 36.7 Å². The first-order valence-electron chi connectivity index (χ1n) is 9.10. The molecule has 9 nitrogen and oxygen atoms in total. The third kappa shape index (κ3) is 4.18. The molecule has 0 spiro atoms. The van der Waals surface area contributed by atoms with Crippen molar-refractivity contribution in [2.24, 2.45) is 5.92 Å². The predicted molar refractivity (Wildman–Crippen MR) is 108 cm³/mol. The lowest BCUT2D eigenvalue weighted by atomic mass is 10.0. The maximum absolute atomic E-state index is 12.9. The molecule has 0 saturated heterocycles. The van der Waals surface area contributed by atoms with Crippen molar-refractivity contribution >= 4 is 29.1 Å². The van der Waals surface area contributed by atoms with Gasteiger partial charge in [-0.15, -0.1) is 0 Å². The SMILES string of the molecule is COc1ccc(OC)c(NC(=O)CN2C(=O)C(C(C)C)Oc3ccc(N)nc32)c1. The number of nitrogen functional groups attached to an aromatic ring is 1. The van der Waals surface area contributed by atoms with Crippen LogP contribution in [-0.4, -0.2) is 43.7 Å². The lowest BCUT2D eigenvalue weighted by Gasteiger charge is -2.34. The molecule has 2 amide bonds. The van der Waals surface area contributed by atoms with Crippen molar-refractivity contribution in [1.29, 1.82) is 0 Å². The normalized spacial score (nSPS) is 15.6. The second kappa shape index (κ2) is 8.26. The van der Waals surface area contributed by atoms with Crippen LogP contribution in [-0.2, 0) is 9.59 Å². The Balaban J connectivity index is 1.87. The molecule has 1 atom stereocenters. The quantitative estimate of drug-likeness (QED) is 0.762. The van der Waals surface area contributed by atoms with Gasteiger partial charge in [0.2, 0.25) is 5.91 Å². The molecule has 1 aliphatic heterocycles. The van der Waals surface area contributed by atoms with Gasteiger partial charge in [0.15, 0.2) is 17.7 Å². The summed E-state index contributed by atoms with van der Waals surface area (Å²) < 4.78 is 16.2. The summed E-state index contributed by atoms with van der Waals surface area (Å²) in [6.45, 7) is 3.49. The first kappa shape index (κ1) is 20.2. The molecule has 9 heteroatoms. The number of hydrogen-bond acceptors (Lipinski definition) is 7. The van der Waals surface area contributed by atoms with E-state index in [0.717, 1.165) is 0 Å². The lowest BCUT2D eigenvalue weighted by Crippen LogP contribution is -2.51. The number of carbonyl (C=O) groups excluding carboxylic acids is 2. The van der Waals surface area contributed by atoms with Crippen LogP contribution in [0, 0.1) is 5.92 Å². The number of benzene rings is 1. The first-order valence-corrected chi connectivity index (χ1v) is 9.10. The van der Waals surface area contributed by atoms with Crippen LogP contribution in [0.5, 0.6) is 17.2 Å². The van der Waals surface area contributed by atoms with E-state index in [-0.39, 0.29) is 30.0 Å². The van der Waals surface area contributed by atoms with Crippen LogP contribution in [0.15, 0.2) is 30.3 Å². The summed E-state index contributed by atoms with van der Waals surface area (Å²) in [5, 5.41) is 2.76. The minimum atomic E-state index is -0.716. The van der Waals surface area contributed by atoms with Gasteiger partial charge in [0.25, 0.3) is 5.91 Å². The molecule has 0 radical (unpaired) electrons. The van der Waals surface area contributed by atoms with Crippen molar-refractivity contribution in [3.8, 4) is 17.2 Å². The van der Waals surface area contributed by atoms with E-state index in [2.05, 4.69) is 10.3 Å². The number of nitrogens with one attached hydrogen (secondary N) is 1. The summed E-state index contributed by atoms with van der Waals surface area (Å²) in [7, 11) is 3.03. The van der Waals surface area contributed by atoms with Gasteiger partial charge in [0.1, 0.15) is 23.9 Å². The highest BCUT2D eigenvalue weighted by Crippen LogP contribution is 2.35. The highest BCUT2D eigenvalue weighted by Gasteiger charge is 2.38. The summed E-state index contributed by atoms with van der Waals surface area (Å²) >= 11 is 0. The fourth-order valence-corrected chi connectivity index (χ4v) is 3.00. The number of fused-ring (bicyclic) bond motifs is 1. The number of hydrogen-bond donors (Lipinski definition) is 2. The molecule has 1 aliphatic rings. The average Bonchev–Trinajstić information content (AvgIpc) is 2.69. The molecule has 2 heterocycles. The van der Waals surface area contributed by atoms with Gasteiger partial charge in [0.05, 0.1) is 19.9 Å². The van der Waals surface area contributed by atoms with Crippen molar-refractivity contribution in [1.82, 2.24) is 4.98 Å². The zero-order chi connectivity index (χ0) is 21.1. The molecule has 0 fully saturated rings. The van der Waals surface area contributed by atoms with E-state index in [1.807, 2.05) is 13.8 Å². The van der Waals surface area contributed by atoms with Gasteiger partial charge in [-0.05, 0) is 30.2 Å². The van der Waals surface area contributed by atoms with E-state index < -0.39 is 12.0 Å². The van der Waals surface area contributed by atoms with Crippen molar-refractivity contribution in [3.05, 3.63) is 30.3 Å². The lowest BCUT2D eigenvalue weighted by molar-refractivity contribution is -0.129. The second-order valence-electron chi connectivity index (χ2n) is 6.88. The molecule has 1 unspecified atom stereocenters. The number of methoxy groups -OCH3 is 2. The van der Waals surface area contributed by atoms with Crippen LogP contribution in [0.25, 0.3) is 0 Å². The third-order valence-corrected chi connectivity index (χ3v) is 4.47. The van der Waals surface area contributed by atoms with E-state index in [0.29, 0.717) is 22.9 Å². The smallest absolute Gasteiger partial charge is 0.270 e. The minimum Gasteiger partial charge on any atom is -0.497 e. The summed E-state index contributed by atoms with van der Waals surface area (Å²) in [5.74, 6) is 1.02. The molecule has 3 rings (SSSR count). The minimum absolute atomic E-state index is 0.0859. The maximum atomic E-state index is 12.9. The second-order valence-corrected chi connectivity index (χ2v) is 6.88. The molecule has 29 heavy (non-hydrogen) atoms. The van der Waals surface area contributed by atoms with Gasteiger partial charge >= 0.3 is 0 Å². The highest BCUT2D eigenvalue weighted by atomic mass is 16.5. The average molecular weight is 400 g/mol. The maximum Gasteiger partial charge on any atom is 0.270 e. The van der Waals surface area contributed by atoms with E-state index in [1.165, 1.54) is 19.1 Å². The topological polar surface area (TPSA) is 116 Å². The zero-order valence-corrected chi connectivity index (χ0v) is 16.8. The van der Waals surface area contributed by atoms with Crippen molar-refractivity contribution < 1.29 is 23.8 Å². The highest BCUT2D eigenvalue weighted by molar-refractivity contribution is 6.06. The number of nitrogens with two attached hydrogens (primary N) is 1. The number of aromatic nitrogens is 1. The van der Waals surface area contributed by atoms with E-state index in [4.69, 9.17) is 19.9 Å². The Morgan fingerprint density at radius 2 is 2.03 bits per heavy atom. The molecular weight excluding hydrogens is 376 g/mol. The number of rotatable bonds is 6. The predicted octanol–water partition coefficient (Wildman–Crippen LogP) is 2.07. The van der Waals surface area contributed by atoms with Crippen molar-refractivity contribution in [3.63, 3.8) is 0 Å². The fraction of sp³-hybridized carbons (Fsp3) is 0.350. The van der Waals surface area contributed by atoms with Crippen LogP contribution in [0.2, 0.25) is 0 Å². The molecule has 2 aromatic rings. The van der Waals surface area contributed by atoms with Crippen LogP contribution < -0.4 is 30.2 Å². The third-order valence-electron chi connectivity index (χ3n) is 4.47. The molecule has 1 aromatic heterocycles. The molecule has 154 valence electrons. The van der Waals surface area contributed by atoms with E-state index in [1.54, 1.807) is 30.3 Å². The molecule has 3 N–H and O–H groups in total. The summed E-state index contributed by atoms with van der Waals surface area (Å²) in [4.78, 5) is 31.2. The number of nitrogens with zero attached hydrogens (tertiary/aromatic N) is 2. The first-order chi connectivity index (χ1) is 13.8. The van der Waals surface area contributed by atoms with Gasteiger partial charge in [-0.3, -0.25) is 14.5 Å². The van der Waals surface area contributed by atoms with Gasteiger partial charge in [-0.2, -0.15) is 0 Å². The van der Waals surface area contributed by atoms with Crippen LogP contribution in [0.4, 0.5) is 17.3 Å². The molecule has 0 aliphatic carbocycles. The summed E-state index contributed by atoms with van der Waals surface area (Å²) in [5.41, 5.74) is 6.20. The largest absolute Gasteiger partial charge is 0.497 e. The number of anilines is 3. The zero-order valence-electron chi connectivity index (χ0n) is 16.8. The van der Waals surface area contributed by atoms with Crippen molar-refractivity contribution in [2.45, 2.75) is 20.0 Å². The number of ether oxygens (including phenoxy) is 3. The van der Waals surface area contributed by atoms with Crippen LogP contribution in [0.3, 0.4) is 0 Å². The molecule has 1 aromatic carbocycles. The monoisotopic (exact) mass is 400 g/mol. The van der Waals surface area contributed by atoms with E-state index in [9.17, 15) is 9.59 Å². The molecule has 0 bridgehead atoms. The van der Waals surface area contributed by atoms with E-state index >= 15 is 0 Å². The Labute approximate surface area is 168 Å². The summed E-state index contributed by atoms with van der Waals surface area (Å²) in [6.07, 6.45) is -0.716. The Morgan fingerprint density at radius 1 is 1.28 bits per heavy atom. The Hall–Kier alpha value is -3.49. The van der Waals surface area contributed by atoms with Crippen LogP contribution in [0.1, 0.15) is 13.8 Å². The number of pyridine rings is 1. The van der Waals surface area contributed by atoms with Gasteiger partial charge in [-0.1, -0.05) is 13.8 Å².